The molecule has 9 aromatic carbocycles. The lowest BCUT2D eigenvalue weighted by molar-refractivity contribution is 0.592. The van der Waals surface area contributed by atoms with Crippen molar-refractivity contribution in [2.24, 2.45) is 0 Å². The standard InChI is InChI=1S/C42H27OP/c43-44(32-23-21-28-11-1-3-13-30(28)25-32,33-24-22-29-12-2-4-14-31(29)26-33)41-27-40-36-17-6-5-15-34(36)35-16-7-9-19-38(35)42(40)39-20-10-8-18-37(39)41/h1-27H. The Bertz CT molecular complexity index is 2570. The highest BCUT2D eigenvalue weighted by molar-refractivity contribution is 7.85. The highest BCUT2D eigenvalue weighted by atomic mass is 31.2. The topological polar surface area (TPSA) is 17.1 Å². The fourth-order valence-corrected chi connectivity index (χ4v) is 10.1. The fraction of sp³-hybridized carbons (Fsp3) is 0. The van der Waals surface area contributed by atoms with Crippen LogP contribution in [0.1, 0.15) is 0 Å². The Hall–Kier alpha value is -5.23. The van der Waals surface area contributed by atoms with E-state index in [2.05, 4.69) is 164 Å². The lowest BCUT2D eigenvalue weighted by Crippen LogP contribution is -2.26. The average Bonchev–Trinajstić information content (AvgIpc) is 3.10. The summed E-state index contributed by atoms with van der Waals surface area (Å²) in [6.45, 7) is 0. The van der Waals surface area contributed by atoms with Crippen molar-refractivity contribution in [3.63, 3.8) is 0 Å². The van der Waals surface area contributed by atoms with Gasteiger partial charge in [0.15, 0.2) is 7.14 Å². The second-order valence-electron chi connectivity index (χ2n) is 11.6. The van der Waals surface area contributed by atoms with Crippen molar-refractivity contribution in [2.75, 3.05) is 0 Å². The van der Waals surface area contributed by atoms with Gasteiger partial charge in [-0.25, -0.2) is 0 Å². The molecule has 0 radical (unpaired) electrons. The first kappa shape index (κ1) is 25.3. The molecule has 0 aliphatic carbocycles. The fourth-order valence-electron chi connectivity index (χ4n) is 7.18. The molecule has 9 aromatic rings. The van der Waals surface area contributed by atoms with Crippen molar-refractivity contribution >= 4 is 87.7 Å². The molecule has 0 fully saturated rings. The molecule has 0 saturated carbocycles. The van der Waals surface area contributed by atoms with Crippen LogP contribution >= 0.6 is 7.14 Å². The van der Waals surface area contributed by atoms with Gasteiger partial charge in [0.05, 0.1) is 0 Å². The summed E-state index contributed by atoms with van der Waals surface area (Å²) in [5.74, 6) is 0. The van der Waals surface area contributed by atoms with Crippen LogP contribution in [-0.4, -0.2) is 0 Å². The van der Waals surface area contributed by atoms with Crippen molar-refractivity contribution in [3.8, 4) is 0 Å². The maximum absolute atomic E-state index is 16.4. The molecule has 44 heavy (non-hydrogen) atoms. The molecule has 0 N–H and O–H groups in total. The molecule has 0 atom stereocenters. The molecule has 0 aliphatic rings. The van der Waals surface area contributed by atoms with E-state index in [1.165, 1.54) is 26.9 Å². The third-order valence-electron chi connectivity index (χ3n) is 9.26. The van der Waals surface area contributed by atoms with Crippen molar-refractivity contribution < 1.29 is 4.57 Å². The Morgan fingerprint density at radius 2 is 0.705 bits per heavy atom. The smallest absolute Gasteiger partial charge is 0.171 e. The molecule has 0 amide bonds. The molecular formula is C42H27OP. The zero-order valence-corrected chi connectivity index (χ0v) is 24.8. The Kier molecular flexibility index (Phi) is 5.54. The Balaban J connectivity index is 1.48. The third-order valence-corrected chi connectivity index (χ3v) is 12.3. The van der Waals surface area contributed by atoms with Crippen molar-refractivity contribution in [1.82, 2.24) is 0 Å². The monoisotopic (exact) mass is 578 g/mol. The van der Waals surface area contributed by atoms with Gasteiger partial charge in [-0.1, -0.05) is 146 Å². The van der Waals surface area contributed by atoms with Crippen LogP contribution in [0.25, 0.3) is 64.6 Å². The molecule has 0 saturated heterocycles. The minimum atomic E-state index is -3.37. The number of rotatable bonds is 3. The van der Waals surface area contributed by atoms with E-state index in [1.54, 1.807) is 0 Å². The molecule has 1 nitrogen and oxygen atoms in total. The van der Waals surface area contributed by atoms with Gasteiger partial charge in [-0.15, -0.1) is 0 Å². The summed E-state index contributed by atoms with van der Waals surface area (Å²) in [5, 5.41) is 16.4. The minimum absolute atomic E-state index is 0.848. The van der Waals surface area contributed by atoms with Crippen LogP contribution in [0.5, 0.6) is 0 Å². The van der Waals surface area contributed by atoms with Crippen LogP contribution in [-0.2, 0) is 4.57 Å². The van der Waals surface area contributed by atoms with Gasteiger partial charge in [0, 0.05) is 15.9 Å². The first-order valence-electron chi connectivity index (χ1n) is 15.0. The van der Waals surface area contributed by atoms with Gasteiger partial charge in [0.25, 0.3) is 0 Å². The van der Waals surface area contributed by atoms with E-state index >= 15 is 4.57 Å². The van der Waals surface area contributed by atoms with E-state index in [-0.39, 0.29) is 0 Å². The number of hydrogen-bond acceptors (Lipinski definition) is 1. The summed E-state index contributed by atoms with van der Waals surface area (Å²) in [4.78, 5) is 0. The minimum Gasteiger partial charge on any atom is -0.309 e. The van der Waals surface area contributed by atoms with Gasteiger partial charge in [-0.2, -0.15) is 0 Å². The van der Waals surface area contributed by atoms with Crippen molar-refractivity contribution in [1.29, 1.82) is 0 Å². The van der Waals surface area contributed by atoms with E-state index in [0.717, 1.165) is 53.6 Å². The highest BCUT2D eigenvalue weighted by Gasteiger charge is 2.33. The second-order valence-corrected chi connectivity index (χ2v) is 14.4. The van der Waals surface area contributed by atoms with E-state index < -0.39 is 7.14 Å². The normalized spacial score (nSPS) is 12.2. The van der Waals surface area contributed by atoms with Gasteiger partial charge >= 0.3 is 0 Å². The van der Waals surface area contributed by atoms with Gasteiger partial charge in [0.1, 0.15) is 0 Å². The largest absolute Gasteiger partial charge is 0.309 e. The predicted molar refractivity (Wildman–Crippen MR) is 191 cm³/mol. The molecule has 0 unspecified atom stereocenters. The zero-order chi connectivity index (χ0) is 29.3. The van der Waals surface area contributed by atoms with Gasteiger partial charge < -0.3 is 4.57 Å². The van der Waals surface area contributed by atoms with Gasteiger partial charge in [0.2, 0.25) is 0 Å². The molecule has 9 rings (SSSR count). The number of benzene rings is 9. The molecule has 206 valence electrons. The van der Waals surface area contributed by atoms with E-state index in [4.69, 9.17) is 0 Å². The Morgan fingerprint density at radius 3 is 1.25 bits per heavy atom. The molecule has 2 heteroatoms. The third kappa shape index (κ3) is 3.63. The molecule has 0 heterocycles. The Labute approximate surface area is 255 Å². The molecule has 0 spiro atoms. The maximum Gasteiger partial charge on any atom is 0.171 e. The van der Waals surface area contributed by atoms with E-state index in [0.29, 0.717) is 0 Å². The second kappa shape index (κ2) is 9.64. The van der Waals surface area contributed by atoms with Crippen LogP contribution < -0.4 is 15.9 Å². The van der Waals surface area contributed by atoms with Crippen LogP contribution in [0.4, 0.5) is 0 Å². The van der Waals surface area contributed by atoms with Gasteiger partial charge in [-0.05, 0) is 82.8 Å². The number of fused-ring (bicyclic) bond motifs is 10. The lowest BCUT2D eigenvalue weighted by Gasteiger charge is -2.24. The summed E-state index contributed by atoms with van der Waals surface area (Å²) in [7, 11) is -3.37. The summed E-state index contributed by atoms with van der Waals surface area (Å²) >= 11 is 0. The van der Waals surface area contributed by atoms with Crippen LogP contribution in [0, 0.1) is 0 Å². The van der Waals surface area contributed by atoms with Crippen LogP contribution in [0.15, 0.2) is 164 Å². The summed E-state index contributed by atoms with van der Waals surface area (Å²) in [6.07, 6.45) is 0. The summed E-state index contributed by atoms with van der Waals surface area (Å²) < 4.78 is 16.4. The van der Waals surface area contributed by atoms with Crippen LogP contribution in [0.3, 0.4) is 0 Å². The van der Waals surface area contributed by atoms with Gasteiger partial charge in [-0.3, -0.25) is 0 Å². The Morgan fingerprint density at radius 1 is 0.318 bits per heavy atom. The SMILES string of the molecule is O=P(c1ccc2ccccc2c1)(c1ccc2ccccc2c1)c1cc2c3ccccc3c3ccccc3c2c2ccccc12. The number of hydrogen-bond donors (Lipinski definition) is 0. The quantitative estimate of drug-likeness (QED) is 0.151. The molecular weight excluding hydrogens is 551 g/mol. The first-order valence-corrected chi connectivity index (χ1v) is 16.8. The predicted octanol–water partition coefficient (Wildman–Crippen LogP) is 10.2. The molecule has 0 bridgehead atoms. The van der Waals surface area contributed by atoms with E-state index in [1.807, 2.05) is 0 Å². The molecule has 0 aromatic heterocycles. The zero-order valence-electron chi connectivity index (χ0n) is 23.9. The van der Waals surface area contributed by atoms with Crippen molar-refractivity contribution in [3.05, 3.63) is 164 Å². The lowest BCUT2D eigenvalue weighted by atomic mass is 9.91. The van der Waals surface area contributed by atoms with Crippen LogP contribution in [0.2, 0.25) is 0 Å². The average molecular weight is 579 g/mol. The summed E-state index contributed by atoms with van der Waals surface area (Å²) in [6, 6.07) is 57.4. The van der Waals surface area contributed by atoms with Crippen molar-refractivity contribution in [2.45, 2.75) is 0 Å². The molecule has 0 aliphatic heterocycles. The summed E-state index contributed by atoms with van der Waals surface area (Å²) in [5.41, 5.74) is 0. The maximum atomic E-state index is 16.4. The van der Waals surface area contributed by atoms with E-state index in [9.17, 15) is 0 Å². The first-order chi connectivity index (χ1) is 21.7. The highest BCUT2D eigenvalue weighted by Crippen LogP contribution is 2.48.